The molecule has 1 saturated heterocycles. The lowest BCUT2D eigenvalue weighted by Crippen LogP contribution is -2.40. The molecule has 1 aliphatic heterocycles. The molecule has 1 unspecified atom stereocenters. The van der Waals surface area contributed by atoms with Gasteiger partial charge in [0.25, 0.3) is 0 Å². The predicted octanol–water partition coefficient (Wildman–Crippen LogP) is 3.57. The highest BCUT2D eigenvalue weighted by Gasteiger charge is 2.15. The summed E-state index contributed by atoms with van der Waals surface area (Å²) in [6.45, 7) is 4.30. The molecular formula is C17H34IN3O2S. The Morgan fingerprint density at radius 2 is 1.96 bits per heavy atom. The maximum atomic E-state index is 11.2. The van der Waals surface area contributed by atoms with E-state index in [4.69, 9.17) is 4.74 Å². The van der Waals surface area contributed by atoms with Gasteiger partial charge in [0, 0.05) is 31.8 Å². The minimum Gasteiger partial charge on any atom is -0.466 e. The zero-order valence-electron chi connectivity index (χ0n) is 15.1. The topological polar surface area (TPSA) is 62.7 Å². The van der Waals surface area contributed by atoms with Crippen molar-refractivity contribution in [3.63, 3.8) is 0 Å². The van der Waals surface area contributed by atoms with Gasteiger partial charge in [-0.05, 0) is 38.4 Å². The van der Waals surface area contributed by atoms with Crippen LogP contribution < -0.4 is 10.6 Å². The molecule has 2 N–H and O–H groups in total. The molecular weight excluding hydrogens is 437 g/mol. The van der Waals surface area contributed by atoms with E-state index in [0.717, 1.165) is 43.6 Å². The molecule has 1 fully saturated rings. The molecule has 1 aliphatic rings. The average molecular weight is 471 g/mol. The minimum absolute atomic E-state index is 0. The van der Waals surface area contributed by atoms with E-state index in [1.807, 2.05) is 14.0 Å². The number of hydrogen-bond donors (Lipinski definition) is 2. The molecule has 0 aromatic heterocycles. The SMILES string of the molecule is CCOC(=O)CCCCCCCNC(=NC)NCC1CCCS1.I. The molecule has 0 aromatic rings. The van der Waals surface area contributed by atoms with E-state index in [-0.39, 0.29) is 29.9 Å². The smallest absolute Gasteiger partial charge is 0.305 e. The van der Waals surface area contributed by atoms with Crippen LogP contribution in [0.15, 0.2) is 4.99 Å². The highest BCUT2D eigenvalue weighted by molar-refractivity contribution is 14.0. The summed E-state index contributed by atoms with van der Waals surface area (Å²) in [6.07, 6.45) is 8.76. The summed E-state index contributed by atoms with van der Waals surface area (Å²) in [7, 11) is 1.83. The number of aliphatic imine (C=N–C) groups is 1. The first kappa shape index (κ1) is 23.8. The van der Waals surface area contributed by atoms with Crippen molar-refractivity contribution >= 4 is 47.7 Å². The molecule has 0 amide bonds. The summed E-state index contributed by atoms with van der Waals surface area (Å²) in [6, 6.07) is 0. The lowest BCUT2D eigenvalue weighted by molar-refractivity contribution is -0.143. The third-order valence-corrected chi connectivity index (χ3v) is 5.30. The Hall–Kier alpha value is -0.180. The highest BCUT2D eigenvalue weighted by Crippen LogP contribution is 2.25. The van der Waals surface area contributed by atoms with Crippen molar-refractivity contribution in [1.82, 2.24) is 10.6 Å². The van der Waals surface area contributed by atoms with Crippen molar-refractivity contribution < 1.29 is 9.53 Å². The van der Waals surface area contributed by atoms with Crippen LogP contribution >= 0.6 is 35.7 Å². The van der Waals surface area contributed by atoms with E-state index < -0.39 is 0 Å². The standard InChI is InChI=1S/C17H33N3O2S.HI/c1-3-22-16(21)11-7-5-4-6-8-12-19-17(18-2)20-14-15-10-9-13-23-15;/h15H,3-14H2,1-2H3,(H2,18,19,20);1H. The lowest BCUT2D eigenvalue weighted by Gasteiger charge is -2.14. The van der Waals surface area contributed by atoms with Crippen molar-refractivity contribution in [2.45, 2.75) is 63.5 Å². The fourth-order valence-corrected chi connectivity index (χ4v) is 3.80. The van der Waals surface area contributed by atoms with Gasteiger partial charge in [0.1, 0.15) is 0 Å². The summed E-state index contributed by atoms with van der Waals surface area (Å²) in [4.78, 5) is 15.5. The number of esters is 1. The summed E-state index contributed by atoms with van der Waals surface area (Å²) >= 11 is 2.06. The Bertz CT molecular complexity index is 351. The third-order valence-electron chi connectivity index (χ3n) is 3.90. The maximum absolute atomic E-state index is 11.2. The Morgan fingerprint density at radius 3 is 2.62 bits per heavy atom. The molecule has 0 radical (unpaired) electrons. The molecule has 7 heteroatoms. The number of carbonyl (C=O) groups excluding carboxylic acids is 1. The first-order valence-electron chi connectivity index (χ1n) is 8.98. The number of unbranched alkanes of at least 4 members (excludes halogenated alkanes) is 4. The number of hydrogen-bond acceptors (Lipinski definition) is 4. The Labute approximate surface area is 168 Å². The van der Waals surface area contributed by atoms with E-state index in [9.17, 15) is 4.79 Å². The number of nitrogens with one attached hydrogen (secondary N) is 2. The molecule has 0 saturated carbocycles. The van der Waals surface area contributed by atoms with Crippen LogP contribution in [-0.4, -0.2) is 49.7 Å². The molecule has 1 rings (SSSR count). The van der Waals surface area contributed by atoms with Crippen LogP contribution in [-0.2, 0) is 9.53 Å². The van der Waals surface area contributed by atoms with Crippen LogP contribution in [0.5, 0.6) is 0 Å². The van der Waals surface area contributed by atoms with Crippen LogP contribution in [0.4, 0.5) is 0 Å². The van der Waals surface area contributed by atoms with E-state index in [0.29, 0.717) is 13.0 Å². The van der Waals surface area contributed by atoms with Crippen LogP contribution in [0, 0.1) is 0 Å². The zero-order valence-corrected chi connectivity index (χ0v) is 18.3. The minimum atomic E-state index is -0.0653. The van der Waals surface area contributed by atoms with Crippen molar-refractivity contribution in [2.75, 3.05) is 32.5 Å². The average Bonchev–Trinajstić information content (AvgIpc) is 3.06. The van der Waals surface area contributed by atoms with E-state index in [1.54, 1.807) is 0 Å². The van der Waals surface area contributed by atoms with E-state index in [2.05, 4.69) is 27.4 Å². The molecule has 0 aliphatic carbocycles. The van der Waals surface area contributed by atoms with Crippen molar-refractivity contribution in [3.8, 4) is 0 Å². The van der Waals surface area contributed by atoms with Crippen LogP contribution in [0.2, 0.25) is 0 Å². The second kappa shape index (κ2) is 16.3. The van der Waals surface area contributed by atoms with Crippen LogP contribution in [0.3, 0.4) is 0 Å². The summed E-state index contributed by atoms with van der Waals surface area (Å²) in [5.74, 6) is 2.15. The normalized spacial score (nSPS) is 17.2. The van der Waals surface area contributed by atoms with E-state index >= 15 is 0 Å². The number of rotatable bonds is 11. The third kappa shape index (κ3) is 12.2. The van der Waals surface area contributed by atoms with Gasteiger partial charge in [0.15, 0.2) is 5.96 Å². The molecule has 5 nitrogen and oxygen atoms in total. The number of thioether (sulfide) groups is 1. The number of halogens is 1. The van der Waals surface area contributed by atoms with Crippen LogP contribution in [0.25, 0.3) is 0 Å². The van der Waals surface area contributed by atoms with Gasteiger partial charge in [-0.2, -0.15) is 11.8 Å². The fraction of sp³-hybridized carbons (Fsp3) is 0.882. The van der Waals surface area contributed by atoms with Crippen molar-refractivity contribution in [2.24, 2.45) is 4.99 Å². The molecule has 0 aromatic carbocycles. The van der Waals surface area contributed by atoms with Gasteiger partial charge in [-0.3, -0.25) is 9.79 Å². The summed E-state index contributed by atoms with van der Waals surface area (Å²) in [5, 5.41) is 7.53. The Balaban J connectivity index is 0.00000529. The van der Waals surface area contributed by atoms with Gasteiger partial charge in [-0.1, -0.05) is 19.3 Å². The van der Waals surface area contributed by atoms with Gasteiger partial charge in [-0.15, -0.1) is 24.0 Å². The number of ether oxygens (including phenoxy) is 1. The monoisotopic (exact) mass is 471 g/mol. The van der Waals surface area contributed by atoms with Crippen LogP contribution in [0.1, 0.15) is 58.3 Å². The van der Waals surface area contributed by atoms with Crippen molar-refractivity contribution in [3.05, 3.63) is 0 Å². The highest BCUT2D eigenvalue weighted by atomic mass is 127. The lowest BCUT2D eigenvalue weighted by atomic mass is 10.1. The zero-order chi connectivity index (χ0) is 16.8. The molecule has 1 heterocycles. The summed E-state index contributed by atoms with van der Waals surface area (Å²) in [5.41, 5.74) is 0. The van der Waals surface area contributed by atoms with E-state index in [1.165, 1.54) is 31.4 Å². The molecule has 142 valence electrons. The molecule has 0 spiro atoms. The quantitative estimate of drug-likeness (QED) is 0.159. The molecule has 24 heavy (non-hydrogen) atoms. The predicted molar refractivity (Wildman–Crippen MR) is 115 cm³/mol. The Kier molecular flexibility index (Phi) is 16.2. The molecule has 1 atom stereocenters. The van der Waals surface area contributed by atoms with Gasteiger partial charge in [0.2, 0.25) is 0 Å². The largest absolute Gasteiger partial charge is 0.466 e. The van der Waals surface area contributed by atoms with Gasteiger partial charge in [0.05, 0.1) is 6.61 Å². The number of guanidine groups is 1. The second-order valence-electron chi connectivity index (χ2n) is 5.84. The van der Waals surface area contributed by atoms with Gasteiger partial charge in [-0.25, -0.2) is 0 Å². The Morgan fingerprint density at radius 1 is 1.21 bits per heavy atom. The number of nitrogens with zero attached hydrogens (tertiary/aromatic N) is 1. The first-order valence-corrected chi connectivity index (χ1v) is 10.0. The number of carbonyl (C=O) groups is 1. The fourth-order valence-electron chi connectivity index (χ4n) is 2.60. The second-order valence-corrected chi connectivity index (χ2v) is 7.25. The van der Waals surface area contributed by atoms with Crippen molar-refractivity contribution in [1.29, 1.82) is 0 Å². The van der Waals surface area contributed by atoms with Gasteiger partial charge >= 0.3 is 5.97 Å². The first-order chi connectivity index (χ1) is 11.3. The maximum Gasteiger partial charge on any atom is 0.305 e. The summed E-state index contributed by atoms with van der Waals surface area (Å²) < 4.78 is 4.91. The molecule has 0 bridgehead atoms. The van der Waals surface area contributed by atoms with Gasteiger partial charge < -0.3 is 15.4 Å².